The lowest BCUT2D eigenvalue weighted by Crippen LogP contribution is -2.40. The van der Waals surface area contributed by atoms with E-state index in [1.54, 1.807) is 29.2 Å². The largest absolute Gasteiger partial charge is 0.349 e. The maximum absolute atomic E-state index is 12.5. The van der Waals surface area contributed by atoms with Crippen LogP contribution in [-0.2, 0) is 0 Å². The lowest BCUT2D eigenvalue weighted by atomic mass is 9.84. The van der Waals surface area contributed by atoms with E-state index in [0.29, 0.717) is 17.1 Å². The van der Waals surface area contributed by atoms with Gasteiger partial charge >= 0.3 is 0 Å². The second-order valence-electron chi connectivity index (χ2n) is 6.55. The van der Waals surface area contributed by atoms with E-state index in [9.17, 15) is 4.79 Å². The van der Waals surface area contributed by atoms with Crippen LogP contribution in [0.2, 0.25) is 0 Å². The molecule has 0 radical (unpaired) electrons. The fourth-order valence-corrected chi connectivity index (χ4v) is 4.29. The van der Waals surface area contributed by atoms with Crippen molar-refractivity contribution in [2.24, 2.45) is 17.8 Å². The average molecular weight is 284 g/mol. The van der Waals surface area contributed by atoms with Gasteiger partial charge in [-0.1, -0.05) is 6.42 Å². The number of fused-ring (bicyclic) bond motifs is 3. The number of nitrogens with one attached hydrogen (secondary N) is 1. The molecule has 21 heavy (non-hydrogen) atoms. The van der Waals surface area contributed by atoms with Crippen LogP contribution in [0.25, 0.3) is 5.65 Å². The molecule has 2 aliphatic rings. The Kier molecular flexibility index (Phi) is 2.94. The summed E-state index contributed by atoms with van der Waals surface area (Å²) in [6.45, 7) is 2.14. The molecule has 2 bridgehead atoms. The Bertz CT molecular complexity index is 680. The number of aromatic nitrogens is 3. The number of carbonyl (C=O) groups excluding carboxylic acids is 1. The fraction of sp³-hybridized carbons (Fsp3) is 0.562. The van der Waals surface area contributed by atoms with Gasteiger partial charge in [0.2, 0.25) is 0 Å². The van der Waals surface area contributed by atoms with Crippen molar-refractivity contribution in [3.63, 3.8) is 0 Å². The molecule has 5 nitrogen and oxygen atoms in total. The van der Waals surface area contributed by atoms with E-state index < -0.39 is 0 Å². The van der Waals surface area contributed by atoms with Crippen molar-refractivity contribution < 1.29 is 4.79 Å². The molecule has 2 aromatic rings. The number of carbonyl (C=O) groups is 1. The van der Waals surface area contributed by atoms with Crippen LogP contribution in [-0.4, -0.2) is 26.5 Å². The third kappa shape index (κ3) is 2.11. The number of hydrogen-bond acceptors (Lipinski definition) is 3. The standard InChI is InChI=1S/C16H20N4O/c1-10(13-8-11-3-4-12(13)7-11)19-16(21)14-9-18-20-6-2-5-17-15(14)20/h2,5-6,9-13H,3-4,7-8H2,1H3,(H,19,21)/t10-,11-,12-,13+/m0/s1. The summed E-state index contributed by atoms with van der Waals surface area (Å²) >= 11 is 0. The van der Waals surface area contributed by atoms with Gasteiger partial charge in [0.15, 0.2) is 5.65 Å². The molecule has 2 aliphatic carbocycles. The van der Waals surface area contributed by atoms with E-state index >= 15 is 0 Å². The van der Waals surface area contributed by atoms with E-state index in [4.69, 9.17) is 0 Å². The van der Waals surface area contributed by atoms with Crippen LogP contribution >= 0.6 is 0 Å². The van der Waals surface area contributed by atoms with Crippen molar-refractivity contribution >= 4 is 11.6 Å². The topological polar surface area (TPSA) is 59.3 Å². The Morgan fingerprint density at radius 3 is 3.10 bits per heavy atom. The first kappa shape index (κ1) is 12.8. The van der Waals surface area contributed by atoms with Crippen molar-refractivity contribution in [3.8, 4) is 0 Å². The molecule has 2 heterocycles. The molecular weight excluding hydrogens is 264 g/mol. The van der Waals surface area contributed by atoms with E-state index in [-0.39, 0.29) is 11.9 Å². The number of nitrogens with zero attached hydrogens (tertiary/aromatic N) is 3. The molecule has 0 saturated heterocycles. The summed E-state index contributed by atoms with van der Waals surface area (Å²) in [6.07, 6.45) is 10.5. The Hall–Kier alpha value is -1.91. The van der Waals surface area contributed by atoms with Gasteiger partial charge in [0.25, 0.3) is 5.91 Å². The van der Waals surface area contributed by atoms with Crippen LogP contribution in [0.4, 0.5) is 0 Å². The maximum atomic E-state index is 12.5. The van der Waals surface area contributed by atoms with Crippen LogP contribution in [0, 0.1) is 17.8 Å². The molecule has 110 valence electrons. The van der Waals surface area contributed by atoms with Crippen LogP contribution < -0.4 is 5.32 Å². The SMILES string of the molecule is C[C@H](NC(=O)c1cnn2cccnc12)[C@H]1C[C@H]2CC[C@H]1C2. The monoisotopic (exact) mass is 284 g/mol. The highest BCUT2D eigenvalue weighted by atomic mass is 16.1. The fourth-order valence-electron chi connectivity index (χ4n) is 4.29. The van der Waals surface area contributed by atoms with Gasteiger partial charge in [0, 0.05) is 18.4 Å². The van der Waals surface area contributed by atoms with Crippen molar-refractivity contribution in [2.75, 3.05) is 0 Å². The first-order chi connectivity index (χ1) is 10.2. The van der Waals surface area contributed by atoms with Crippen molar-refractivity contribution in [1.29, 1.82) is 0 Å². The van der Waals surface area contributed by atoms with E-state index in [1.807, 2.05) is 0 Å². The number of amides is 1. The summed E-state index contributed by atoms with van der Waals surface area (Å²) in [5, 5.41) is 7.35. The van der Waals surface area contributed by atoms with E-state index in [0.717, 1.165) is 11.8 Å². The van der Waals surface area contributed by atoms with Crippen LogP contribution in [0.1, 0.15) is 43.0 Å². The zero-order valence-corrected chi connectivity index (χ0v) is 12.2. The third-order valence-corrected chi connectivity index (χ3v) is 5.32. The molecule has 5 heteroatoms. The second kappa shape index (κ2) is 4.83. The minimum atomic E-state index is -0.0565. The number of rotatable bonds is 3. The Labute approximate surface area is 123 Å². The first-order valence-corrected chi connectivity index (χ1v) is 7.81. The minimum Gasteiger partial charge on any atom is -0.349 e. The molecule has 0 unspecified atom stereocenters. The summed E-state index contributed by atoms with van der Waals surface area (Å²) in [5.74, 6) is 2.30. The van der Waals surface area contributed by atoms with E-state index in [1.165, 1.54) is 25.7 Å². The van der Waals surface area contributed by atoms with Gasteiger partial charge in [-0.3, -0.25) is 4.79 Å². The summed E-state index contributed by atoms with van der Waals surface area (Å²) in [5.41, 5.74) is 1.18. The predicted molar refractivity (Wildman–Crippen MR) is 78.9 cm³/mol. The highest BCUT2D eigenvalue weighted by Crippen LogP contribution is 2.49. The molecule has 2 saturated carbocycles. The maximum Gasteiger partial charge on any atom is 0.256 e. The van der Waals surface area contributed by atoms with Crippen LogP contribution in [0.15, 0.2) is 24.7 Å². The predicted octanol–water partition coefficient (Wildman–Crippen LogP) is 2.28. The van der Waals surface area contributed by atoms with Gasteiger partial charge in [-0.2, -0.15) is 5.10 Å². The molecule has 4 atom stereocenters. The van der Waals surface area contributed by atoms with Gasteiger partial charge in [-0.05, 0) is 50.0 Å². The Morgan fingerprint density at radius 1 is 1.43 bits per heavy atom. The highest BCUT2D eigenvalue weighted by Gasteiger charge is 2.42. The number of hydrogen-bond donors (Lipinski definition) is 1. The quantitative estimate of drug-likeness (QED) is 0.940. The zero-order valence-electron chi connectivity index (χ0n) is 12.2. The Balaban J connectivity index is 1.50. The van der Waals surface area contributed by atoms with Gasteiger partial charge in [0.1, 0.15) is 5.56 Å². The smallest absolute Gasteiger partial charge is 0.256 e. The van der Waals surface area contributed by atoms with Crippen molar-refractivity contribution in [1.82, 2.24) is 19.9 Å². The normalized spacial score (nSPS) is 28.9. The van der Waals surface area contributed by atoms with Crippen LogP contribution in [0.3, 0.4) is 0 Å². The summed E-state index contributed by atoms with van der Waals surface area (Å²) in [6, 6.07) is 2.03. The molecule has 1 amide bonds. The second-order valence-corrected chi connectivity index (χ2v) is 6.55. The van der Waals surface area contributed by atoms with E-state index in [2.05, 4.69) is 22.3 Å². The van der Waals surface area contributed by atoms with Crippen LogP contribution in [0.5, 0.6) is 0 Å². The molecular formula is C16H20N4O. The van der Waals surface area contributed by atoms with Gasteiger partial charge < -0.3 is 5.32 Å². The lowest BCUT2D eigenvalue weighted by molar-refractivity contribution is 0.0917. The zero-order chi connectivity index (χ0) is 14.4. The molecule has 2 fully saturated rings. The minimum absolute atomic E-state index is 0.0565. The third-order valence-electron chi connectivity index (χ3n) is 5.32. The van der Waals surface area contributed by atoms with Gasteiger partial charge in [0.05, 0.1) is 6.20 Å². The molecule has 0 spiro atoms. The summed E-state index contributed by atoms with van der Waals surface area (Å²) in [7, 11) is 0. The Morgan fingerprint density at radius 2 is 2.33 bits per heavy atom. The molecule has 0 aromatic carbocycles. The molecule has 0 aliphatic heterocycles. The summed E-state index contributed by atoms with van der Waals surface area (Å²) < 4.78 is 1.64. The molecule has 4 rings (SSSR count). The van der Waals surface area contributed by atoms with Crippen molar-refractivity contribution in [3.05, 3.63) is 30.2 Å². The lowest BCUT2D eigenvalue weighted by Gasteiger charge is -2.28. The van der Waals surface area contributed by atoms with Gasteiger partial charge in [-0.15, -0.1) is 0 Å². The highest BCUT2D eigenvalue weighted by molar-refractivity contribution is 5.99. The first-order valence-electron chi connectivity index (χ1n) is 7.81. The summed E-state index contributed by atoms with van der Waals surface area (Å²) in [4.78, 5) is 16.7. The van der Waals surface area contributed by atoms with Crippen molar-refractivity contribution in [2.45, 2.75) is 38.6 Å². The van der Waals surface area contributed by atoms with Gasteiger partial charge in [-0.25, -0.2) is 9.50 Å². The molecule has 1 N–H and O–H groups in total. The average Bonchev–Trinajstić information content (AvgIpc) is 3.21. The molecule has 2 aromatic heterocycles.